The van der Waals surface area contributed by atoms with Gasteiger partial charge >= 0.3 is 0 Å². The molecule has 32 heavy (non-hydrogen) atoms. The zero-order valence-corrected chi connectivity index (χ0v) is 19.5. The van der Waals surface area contributed by atoms with Crippen LogP contribution in [0.3, 0.4) is 0 Å². The normalized spacial score (nSPS) is 14.5. The van der Waals surface area contributed by atoms with Crippen LogP contribution in [0.1, 0.15) is 34.4 Å². The van der Waals surface area contributed by atoms with Crippen LogP contribution < -0.4 is 4.74 Å². The van der Waals surface area contributed by atoms with Crippen molar-refractivity contribution in [2.75, 3.05) is 26.2 Å². The van der Waals surface area contributed by atoms with Crippen LogP contribution in [0.2, 0.25) is 10.0 Å². The average molecular weight is 473 g/mol. The molecule has 1 saturated heterocycles. The molecule has 2 heterocycles. The molecule has 0 bridgehead atoms. The first-order chi connectivity index (χ1) is 15.5. The van der Waals surface area contributed by atoms with E-state index in [0.29, 0.717) is 34.7 Å². The third-order valence-electron chi connectivity index (χ3n) is 5.63. The molecule has 7 heteroatoms. The number of piperazine rings is 1. The number of hydrogen-bond donors (Lipinski definition) is 0. The molecule has 1 amide bonds. The summed E-state index contributed by atoms with van der Waals surface area (Å²) < 4.78 is 11.5. The van der Waals surface area contributed by atoms with Crippen LogP contribution in [0.5, 0.6) is 5.75 Å². The van der Waals surface area contributed by atoms with Crippen LogP contribution in [0.4, 0.5) is 0 Å². The third-order valence-corrected chi connectivity index (χ3v) is 6.37. The minimum absolute atomic E-state index is 0.0854. The van der Waals surface area contributed by atoms with E-state index in [4.69, 9.17) is 32.4 Å². The van der Waals surface area contributed by atoms with Gasteiger partial charge in [0.25, 0.3) is 5.91 Å². The van der Waals surface area contributed by atoms with Crippen molar-refractivity contribution in [1.82, 2.24) is 9.80 Å². The number of aryl methyl sites for hydroxylation is 1. The summed E-state index contributed by atoms with van der Waals surface area (Å²) in [6.07, 6.45) is 0.994. The second-order valence-electron chi connectivity index (χ2n) is 7.87. The lowest BCUT2D eigenvalue weighted by Gasteiger charge is -2.34. The molecule has 1 aromatic heterocycles. The highest BCUT2D eigenvalue weighted by Crippen LogP contribution is 2.24. The molecular formula is C25H26Cl2N2O3. The van der Waals surface area contributed by atoms with E-state index in [0.717, 1.165) is 37.4 Å². The second-order valence-corrected chi connectivity index (χ2v) is 8.68. The third kappa shape index (κ3) is 5.66. The molecule has 2 aromatic carbocycles. The molecule has 0 atom stereocenters. The van der Waals surface area contributed by atoms with Gasteiger partial charge in [-0.05, 0) is 53.9 Å². The Hall–Kier alpha value is -2.47. The number of carbonyl (C=O) groups is 1. The van der Waals surface area contributed by atoms with Crippen molar-refractivity contribution in [1.29, 1.82) is 0 Å². The molecule has 3 aromatic rings. The number of rotatable bonds is 7. The van der Waals surface area contributed by atoms with Crippen molar-refractivity contribution in [2.24, 2.45) is 0 Å². The van der Waals surface area contributed by atoms with Crippen LogP contribution in [-0.2, 0) is 19.6 Å². The minimum Gasteiger partial charge on any atom is -0.486 e. The lowest BCUT2D eigenvalue weighted by molar-refractivity contribution is 0.0594. The lowest BCUT2D eigenvalue weighted by Crippen LogP contribution is -2.48. The maximum absolute atomic E-state index is 12.8. The summed E-state index contributed by atoms with van der Waals surface area (Å²) in [6.45, 7) is 6.06. The molecule has 0 N–H and O–H groups in total. The topological polar surface area (TPSA) is 45.9 Å². The van der Waals surface area contributed by atoms with E-state index in [9.17, 15) is 4.79 Å². The first-order valence-corrected chi connectivity index (χ1v) is 11.5. The van der Waals surface area contributed by atoms with Gasteiger partial charge in [-0.2, -0.15) is 0 Å². The highest BCUT2D eigenvalue weighted by Gasteiger charge is 2.24. The molecule has 168 valence electrons. The Morgan fingerprint density at radius 3 is 2.34 bits per heavy atom. The summed E-state index contributed by atoms with van der Waals surface area (Å²) in [6, 6.07) is 17.2. The Bertz CT molecular complexity index is 1060. The fourth-order valence-electron chi connectivity index (χ4n) is 3.71. The van der Waals surface area contributed by atoms with Gasteiger partial charge in [-0.15, -0.1) is 0 Å². The molecule has 4 rings (SSSR count). The highest BCUT2D eigenvalue weighted by atomic mass is 35.5. The number of carbonyl (C=O) groups excluding carboxylic acids is 1. The molecule has 1 fully saturated rings. The number of furan rings is 1. The van der Waals surface area contributed by atoms with Crippen molar-refractivity contribution in [3.8, 4) is 5.75 Å². The van der Waals surface area contributed by atoms with E-state index >= 15 is 0 Å². The first-order valence-electron chi connectivity index (χ1n) is 10.8. The van der Waals surface area contributed by atoms with Crippen LogP contribution in [0.15, 0.2) is 59.0 Å². The lowest BCUT2D eigenvalue weighted by atomic mass is 10.2. The second kappa shape index (κ2) is 10.4. The Morgan fingerprint density at radius 2 is 1.66 bits per heavy atom. The molecular weight excluding hydrogens is 447 g/mol. The molecule has 1 aliphatic heterocycles. The Balaban J connectivity index is 1.26. The molecule has 0 spiro atoms. The molecule has 0 unspecified atom stereocenters. The molecule has 0 radical (unpaired) electrons. The minimum atomic E-state index is -0.0854. The summed E-state index contributed by atoms with van der Waals surface area (Å²) in [5.74, 6) is 1.68. The van der Waals surface area contributed by atoms with Crippen molar-refractivity contribution in [3.63, 3.8) is 0 Å². The average Bonchev–Trinajstić information content (AvgIpc) is 3.29. The number of amides is 1. The van der Waals surface area contributed by atoms with Crippen LogP contribution >= 0.6 is 23.2 Å². The Kier molecular flexibility index (Phi) is 7.40. The predicted molar refractivity (Wildman–Crippen MR) is 127 cm³/mol. The molecule has 5 nitrogen and oxygen atoms in total. The summed E-state index contributed by atoms with van der Waals surface area (Å²) in [7, 11) is 0. The molecule has 0 saturated carbocycles. The van der Waals surface area contributed by atoms with Crippen LogP contribution in [0, 0.1) is 0 Å². The summed E-state index contributed by atoms with van der Waals surface area (Å²) in [4.78, 5) is 17.0. The summed E-state index contributed by atoms with van der Waals surface area (Å²) in [5, 5.41) is 1.12. The SMILES string of the molecule is CCc1ccc(OCc2ccc(C(=O)N3CCN(Cc4ccc(Cl)c(Cl)c4)CC3)o2)cc1. The van der Waals surface area contributed by atoms with Gasteiger partial charge < -0.3 is 14.1 Å². The number of benzene rings is 2. The first kappa shape index (κ1) is 22.7. The zero-order chi connectivity index (χ0) is 22.5. The van der Waals surface area contributed by atoms with Crippen molar-refractivity contribution >= 4 is 29.1 Å². The van der Waals surface area contributed by atoms with E-state index in [1.807, 2.05) is 47.4 Å². The summed E-state index contributed by atoms with van der Waals surface area (Å²) in [5.41, 5.74) is 2.37. The van der Waals surface area contributed by atoms with Gasteiger partial charge in [0.15, 0.2) is 5.76 Å². The zero-order valence-electron chi connectivity index (χ0n) is 18.0. The van der Waals surface area contributed by atoms with Gasteiger partial charge in [-0.1, -0.05) is 48.3 Å². The Morgan fingerprint density at radius 1 is 0.938 bits per heavy atom. The maximum Gasteiger partial charge on any atom is 0.289 e. The van der Waals surface area contributed by atoms with Gasteiger partial charge in [0.1, 0.15) is 18.1 Å². The fraction of sp³-hybridized carbons (Fsp3) is 0.320. The smallest absolute Gasteiger partial charge is 0.289 e. The monoisotopic (exact) mass is 472 g/mol. The van der Waals surface area contributed by atoms with Gasteiger partial charge in [0, 0.05) is 32.7 Å². The standard InChI is InChI=1S/C25H26Cl2N2O3/c1-2-18-3-6-20(7-4-18)31-17-21-8-10-24(32-21)25(30)29-13-11-28(12-14-29)16-19-5-9-22(26)23(27)15-19/h3-10,15H,2,11-14,16-17H2,1H3. The van der Waals surface area contributed by atoms with Gasteiger partial charge in [0.05, 0.1) is 10.0 Å². The number of hydrogen-bond acceptors (Lipinski definition) is 4. The van der Waals surface area contributed by atoms with Gasteiger partial charge in [-0.3, -0.25) is 9.69 Å². The van der Waals surface area contributed by atoms with Crippen molar-refractivity contribution in [2.45, 2.75) is 26.5 Å². The van der Waals surface area contributed by atoms with Crippen molar-refractivity contribution in [3.05, 3.63) is 87.3 Å². The molecule has 0 aliphatic carbocycles. The fourth-order valence-corrected chi connectivity index (χ4v) is 4.03. The van der Waals surface area contributed by atoms with Crippen LogP contribution in [-0.4, -0.2) is 41.9 Å². The number of nitrogens with zero attached hydrogens (tertiary/aromatic N) is 2. The molecule has 1 aliphatic rings. The number of halogens is 2. The quantitative estimate of drug-likeness (QED) is 0.443. The maximum atomic E-state index is 12.8. The van der Waals surface area contributed by atoms with E-state index in [2.05, 4.69) is 11.8 Å². The van der Waals surface area contributed by atoms with Crippen molar-refractivity contribution < 1.29 is 13.9 Å². The van der Waals surface area contributed by atoms with Gasteiger partial charge in [0.2, 0.25) is 0 Å². The predicted octanol–water partition coefficient (Wildman–Crippen LogP) is 5.69. The number of ether oxygens (including phenoxy) is 1. The summed E-state index contributed by atoms with van der Waals surface area (Å²) >= 11 is 12.1. The largest absolute Gasteiger partial charge is 0.486 e. The van der Waals surface area contributed by atoms with E-state index < -0.39 is 0 Å². The van der Waals surface area contributed by atoms with Gasteiger partial charge in [-0.25, -0.2) is 0 Å². The van der Waals surface area contributed by atoms with Crippen LogP contribution in [0.25, 0.3) is 0 Å². The van der Waals surface area contributed by atoms with E-state index in [1.54, 1.807) is 12.1 Å². The van der Waals surface area contributed by atoms with E-state index in [-0.39, 0.29) is 12.5 Å². The Labute approximate surface area is 198 Å². The van der Waals surface area contributed by atoms with E-state index in [1.165, 1.54) is 5.56 Å². The highest BCUT2D eigenvalue weighted by molar-refractivity contribution is 6.42.